The summed E-state index contributed by atoms with van der Waals surface area (Å²) in [7, 11) is -3.19. The highest BCUT2D eigenvalue weighted by molar-refractivity contribution is 7.90. The summed E-state index contributed by atoms with van der Waals surface area (Å²) in [5.41, 5.74) is -0.555. The van der Waals surface area contributed by atoms with E-state index in [1.807, 2.05) is 0 Å². The molecule has 0 aromatic heterocycles. The number of carbonyl (C=O) groups excluding carboxylic acids is 1. The highest BCUT2D eigenvalue weighted by Crippen LogP contribution is 2.50. The van der Waals surface area contributed by atoms with Gasteiger partial charge in [0.05, 0.1) is 11.7 Å². The Balaban J connectivity index is 1.93. The maximum Gasteiger partial charge on any atom is 0.393 e. The molecule has 0 heterocycles. The van der Waals surface area contributed by atoms with E-state index in [2.05, 4.69) is 5.32 Å². The van der Waals surface area contributed by atoms with Crippen molar-refractivity contribution in [3.8, 4) is 0 Å². The Labute approximate surface area is 128 Å². The quantitative estimate of drug-likeness (QED) is 0.835. The number of halogens is 3. The fraction of sp³-hybridized carbons (Fsp3) is 0.929. The van der Waals surface area contributed by atoms with Gasteiger partial charge in [-0.05, 0) is 31.1 Å². The molecule has 2 aliphatic rings. The minimum atomic E-state index is -4.30. The van der Waals surface area contributed by atoms with E-state index in [4.69, 9.17) is 0 Å². The van der Waals surface area contributed by atoms with Crippen molar-refractivity contribution in [2.75, 3.05) is 12.0 Å². The number of amides is 1. The van der Waals surface area contributed by atoms with Crippen LogP contribution in [0, 0.1) is 11.3 Å². The van der Waals surface area contributed by atoms with E-state index in [0.29, 0.717) is 32.1 Å². The van der Waals surface area contributed by atoms with Gasteiger partial charge in [0.15, 0.2) is 0 Å². The molecular weight excluding hydrogens is 319 g/mol. The Morgan fingerprint density at radius 1 is 1.23 bits per heavy atom. The number of hydrogen-bond donors (Lipinski definition) is 1. The average Bonchev–Trinajstić information content (AvgIpc) is 3.04. The monoisotopic (exact) mass is 341 g/mol. The molecule has 0 spiro atoms. The van der Waals surface area contributed by atoms with Crippen LogP contribution >= 0.6 is 0 Å². The molecule has 0 aromatic rings. The fourth-order valence-electron chi connectivity index (χ4n) is 3.40. The van der Waals surface area contributed by atoms with Crippen molar-refractivity contribution in [1.82, 2.24) is 5.32 Å². The molecule has 8 heteroatoms. The lowest BCUT2D eigenvalue weighted by Crippen LogP contribution is -2.48. The maximum atomic E-state index is 13.0. The van der Waals surface area contributed by atoms with Gasteiger partial charge in [-0.25, -0.2) is 8.42 Å². The lowest BCUT2D eigenvalue weighted by molar-refractivity contribution is -0.189. The summed E-state index contributed by atoms with van der Waals surface area (Å²) in [6, 6.07) is -0.879. The van der Waals surface area contributed by atoms with Crippen molar-refractivity contribution < 1.29 is 26.4 Å². The van der Waals surface area contributed by atoms with Gasteiger partial charge in [0.2, 0.25) is 5.91 Å². The SMILES string of the molecule is CS(=O)(=O)CC1(CC(=O)N[C@H]2CCCC[C@H]2C(F)(F)F)CC1. The first-order chi connectivity index (χ1) is 10.0. The molecule has 2 rings (SSSR count). The minimum absolute atomic E-state index is 0.00114. The third-order valence-corrected chi connectivity index (χ3v) is 5.73. The Morgan fingerprint density at radius 3 is 2.32 bits per heavy atom. The molecule has 0 aliphatic heterocycles. The highest BCUT2D eigenvalue weighted by Gasteiger charge is 2.49. The molecule has 0 radical (unpaired) electrons. The Morgan fingerprint density at radius 2 is 1.82 bits per heavy atom. The Kier molecular flexibility index (Phi) is 4.80. The molecule has 2 saturated carbocycles. The summed E-state index contributed by atoms with van der Waals surface area (Å²) in [6.07, 6.45) is -0.338. The molecule has 0 unspecified atom stereocenters. The van der Waals surface area contributed by atoms with Crippen LogP contribution in [0.25, 0.3) is 0 Å². The van der Waals surface area contributed by atoms with E-state index in [9.17, 15) is 26.4 Å². The third kappa shape index (κ3) is 4.86. The van der Waals surface area contributed by atoms with Crippen molar-refractivity contribution in [2.24, 2.45) is 11.3 Å². The summed E-state index contributed by atoms with van der Waals surface area (Å²) in [6.45, 7) is 0. The summed E-state index contributed by atoms with van der Waals surface area (Å²) >= 11 is 0. The molecule has 0 aromatic carbocycles. The smallest absolute Gasteiger partial charge is 0.353 e. The molecule has 2 atom stereocenters. The molecule has 2 fully saturated rings. The zero-order valence-electron chi connectivity index (χ0n) is 12.6. The predicted molar refractivity (Wildman–Crippen MR) is 75.9 cm³/mol. The lowest BCUT2D eigenvalue weighted by Gasteiger charge is -2.33. The summed E-state index contributed by atoms with van der Waals surface area (Å²) in [4.78, 5) is 12.1. The van der Waals surface area contributed by atoms with Gasteiger partial charge >= 0.3 is 6.18 Å². The van der Waals surface area contributed by atoms with Crippen LogP contribution < -0.4 is 5.32 Å². The van der Waals surface area contributed by atoms with E-state index in [-0.39, 0.29) is 18.6 Å². The average molecular weight is 341 g/mol. The highest BCUT2D eigenvalue weighted by atomic mass is 32.2. The number of alkyl halides is 3. The van der Waals surface area contributed by atoms with Crippen LogP contribution in [-0.4, -0.2) is 38.6 Å². The van der Waals surface area contributed by atoms with E-state index < -0.39 is 39.3 Å². The molecule has 1 N–H and O–H groups in total. The van der Waals surface area contributed by atoms with Crippen LogP contribution in [0.3, 0.4) is 0 Å². The van der Waals surface area contributed by atoms with Crippen molar-refractivity contribution >= 4 is 15.7 Å². The molecule has 2 aliphatic carbocycles. The Bertz CT molecular complexity index is 526. The van der Waals surface area contributed by atoms with Crippen molar-refractivity contribution in [3.63, 3.8) is 0 Å². The maximum absolute atomic E-state index is 13.0. The normalized spacial score (nSPS) is 28.2. The topological polar surface area (TPSA) is 63.2 Å². The first-order valence-electron chi connectivity index (χ1n) is 7.55. The lowest BCUT2D eigenvalue weighted by atomic mass is 9.83. The van der Waals surface area contributed by atoms with Gasteiger partial charge in [0.25, 0.3) is 0 Å². The molecule has 0 bridgehead atoms. The molecule has 128 valence electrons. The molecule has 4 nitrogen and oxygen atoms in total. The molecule has 1 amide bonds. The zero-order valence-corrected chi connectivity index (χ0v) is 13.4. The first-order valence-corrected chi connectivity index (χ1v) is 9.61. The summed E-state index contributed by atoms with van der Waals surface area (Å²) in [5, 5.41) is 2.50. The van der Waals surface area contributed by atoms with Gasteiger partial charge in [0, 0.05) is 18.7 Å². The number of rotatable bonds is 5. The van der Waals surface area contributed by atoms with Gasteiger partial charge in [-0.15, -0.1) is 0 Å². The van der Waals surface area contributed by atoms with Crippen molar-refractivity contribution in [1.29, 1.82) is 0 Å². The van der Waals surface area contributed by atoms with Gasteiger partial charge in [0.1, 0.15) is 9.84 Å². The largest absolute Gasteiger partial charge is 0.393 e. The number of sulfone groups is 1. The van der Waals surface area contributed by atoms with Gasteiger partial charge in [-0.2, -0.15) is 13.2 Å². The zero-order chi connectivity index (χ0) is 16.6. The predicted octanol–water partition coefficient (Wildman–Crippen LogP) is 2.44. The van der Waals surface area contributed by atoms with Crippen LogP contribution in [0.4, 0.5) is 13.2 Å². The second-order valence-electron chi connectivity index (χ2n) is 6.85. The van der Waals surface area contributed by atoms with Gasteiger partial charge in [-0.1, -0.05) is 12.8 Å². The van der Waals surface area contributed by atoms with Crippen LogP contribution in [-0.2, 0) is 14.6 Å². The van der Waals surface area contributed by atoms with E-state index in [1.54, 1.807) is 0 Å². The molecule has 0 saturated heterocycles. The first kappa shape index (κ1) is 17.6. The van der Waals surface area contributed by atoms with Gasteiger partial charge in [-0.3, -0.25) is 4.79 Å². The standard InChI is InChI=1S/C14H22F3NO3S/c1-22(20,21)9-13(6-7-13)8-12(19)18-11-5-3-2-4-10(11)14(15,16)17/h10-11H,2-9H2,1H3,(H,18,19)/t10-,11+/m1/s1. The van der Waals surface area contributed by atoms with E-state index >= 15 is 0 Å². The van der Waals surface area contributed by atoms with Crippen LogP contribution in [0.2, 0.25) is 0 Å². The second-order valence-corrected chi connectivity index (χ2v) is 8.99. The van der Waals surface area contributed by atoms with Gasteiger partial charge < -0.3 is 5.32 Å². The Hall–Kier alpha value is -0.790. The van der Waals surface area contributed by atoms with E-state index in [0.717, 1.165) is 6.26 Å². The summed E-state index contributed by atoms with van der Waals surface area (Å²) < 4.78 is 61.7. The van der Waals surface area contributed by atoms with Crippen LogP contribution in [0.5, 0.6) is 0 Å². The number of carbonyl (C=O) groups is 1. The fourth-order valence-corrected chi connectivity index (χ4v) is 4.90. The van der Waals surface area contributed by atoms with E-state index in [1.165, 1.54) is 0 Å². The van der Waals surface area contributed by atoms with Crippen molar-refractivity contribution in [2.45, 2.75) is 57.2 Å². The third-order valence-electron chi connectivity index (χ3n) is 4.59. The van der Waals surface area contributed by atoms with Crippen LogP contribution in [0.1, 0.15) is 44.9 Å². The summed E-state index contributed by atoms with van der Waals surface area (Å²) in [5.74, 6) is -2.02. The molecule has 22 heavy (non-hydrogen) atoms. The second kappa shape index (κ2) is 6.02. The minimum Gasteiger partial charge on any atom is -0.353 e. The number of hydrogen-bond acceptors (Lipinski definition) is 3. The van der Waals surface area contributed by atoms with Crippen LogP contribution in [0.15, 0.2) is 0 Å². The molecular formula is C14H22F3NO3S. The number of nitrogens with one attached hydrogen (secondary N) is 1. The van der Waals surface area contributed by atoms with Crippen molar-refractivity contribution in [3.05, 3.63) is 0 Å².